The van der Waals surface area contributed by atoms with Gasteiger partial charge in [-0.15, -0.1) is 0 Å². The van der Waals surface area contributed by atoms with Gasteiger partial charge in [-0.1, -0.05) is 0 Å². The lowest BCUT2D eigenvalue weighted by atomic mass is 10.4. The number of H-pyrrole nitrogens is 1. The summed E-state index contributed by atoms with van der Waals surface area (Å²) in [6.45, 7) is 2.45. The zero-order chi connectivity index (χ0) is 10.6. The molecule has 6 nitrogen and oxygen atoms in total. The van der Waals surface area contributed by atoms with Gasteiger partial charge in [0, 0.05) is 13.7 Å². The first kappa shape index (κ1) is 10.5. The summed E-state index contributed by atoms with van der Waals surface area (Å²) in [5.74, 6) is 0.387. The Balaban J connectivity index is 2.68. The number of nitrogen functional groups attached to an aromatic ring is 1. The standard InChI is InChI=1S/C8H14N4O2/c1-5(14-2)3-10-7-6(9)8(13)12-4-11-7/h4-5H,3,9H2,1-2H3,(H2,10,11,12,13). The highest BCUT2D eigenvalue weighted by Gasteiger charge is 2.05. The molecule has 1 unspecified atom stereocenters. The monoisotopic (exact) mass is 198 g/mol. The van der Waals surface area contributed by atoms with Crippen LogP contribution in [0.3, 0.4) is 0 Å². The number of rotatable bonds is 4. The van der Waals surface area contributed by atoms with E-state index in [4.69, 9.17) is 10.5 Å². The third-order valence-electron chi connectivity index (χ3n) is 1.85. The number of hydrogen-bond acceptors (Lipinski definition) is 5. The first-order valence-electron chi connectivity index (χ1n) is 4.25. The van der Waals surface area contributed by atoms with Crippen LogP contribution in [0.15, 0.2) is 11.1 Å². The van der Waals surface area contributed by atoms with Gasteiger partial charge in [-0.25, -0.2) is 4.98 Å². The van der Waals surface area contributed by atoms with Crippen molar-refractivity contribution in [3.63, 3.8) is 0 Å². The molecule has 6 heteroatoms. The summed E-state index contributed by atoms with van der Waals surface area (Å²) in [4.78, 5) is 17.3. The van der Waals surface area contributed by atoms with E-state index in [1.165, 1.54) is 6.33 Å². The highest BCUT2D eigenvalue weighted by atomic mass is 16.5. The van der Waals surface area contributed by atoms with Gasteiger partial charge in [-0.05, 0) is 6.92 Å². The number of nitrogens with zero attached hydrogens (tertiary/aromatic N) is 1. The van der Waals surface area contributed by atoms with Crippen LogP contribution in [0.25, 0.3) is 0 Å². The van der Waals surface area contributed by atoms with Crippen molar-refractivity contribution >= 4 is 11.5 Å². The second-order valence-corrected chi connectivity index (χ2v) is 2.92. The fourth-order valence-electron chi connectivity index (χ4n) is 0.875. The Morgan fingerprint density at radius 3 is 3.14 bits per heavy atom. The Labute approximate surface area is 81.5 Å². The molecule has 0 bridgehead atoms. The van der Waals surface area contributed by atoms with Gasteiger partial charge in [-0.2, -0.15) is 0 Å². The molecular formula is C8H14N4O2. The zero-order valence-electron chi connectivity index (χ0n) is 8.20. The number of nitrogens with one attached hydrogen (secondary N) is 2. The van der Waals surface area contributed by atoms with Crippen molar-refractivity contribution in [2.75, 3.05) is 24.7 Å². The maximum absolute atomic E-state index is 11.1. The van der Waals surface area contributed by atoms with E-state index >= 15 is 0 Å². The Bertz CT molecular complexity index is 349. The van der Waals surface area contributed by atoms with Crippen LogP contribution >= 0.6 is 0 Å². The molecule has 1 aromatic rings. The Morgan fingerprint density at radius 2 is 2.50 bits per heavy atom. The Kier molecular flexibility index (Phi) is 3.47. The number of ether oxygens (including phenoxy) is 1. The molecule has 0 saturated heterocycles. The molecule has 0 amide bonds. The predicted molar refractivity (Wildman–Crippen MR) is 54.2 cm³/mol. The molecule has 0 aliphatic heterocycles. The van der Waals surface area contributed by atoms with E-state index in [1.807, 2.05) is 6.92 Å². The summed E-state index contributed by atoms with van der Waals surface area (Å²) < 4.78 is 5.02. The topological polar surface area (TPSA) is 93.0 Å². The lowest BCUT2D eigenvalue weighted by Crippen LogP contribution is -2.22. The van der Waals surface area contributed by atoms with Crippen LogP contribution in [0.5, 0.6) is 0 Å². The van der Waals surface area contributed by atoms with E-state index in [0.29, 0.717) is 12.4 Å². The summed E-state index contributed by atoms with van der Waals surface area (Å²) in [5.41, 5.74) is 5.25. The number of aromatic nitrogens is 2. The van der Waals surface area contributed by atoms with Gasteiger partial charge in [0.2, 0.25) is 0 Å². The average Bonchev–Trinajstić information content (AvgIpc) is 2.20. The van der Waals surface area contributed by atoms with Gasteiger partial charge < -0.3 is 20.8 Å². The molecule has 1 atom stereocenters. The van der Waals surface area contributed by atoms with Crippen molar-refractivity contribution in [1.82, 2.24) is 9.97 Å². The maximum Gasteiger partial charge on any atom is 0.276 e. The van der Waals surface area contributed by atoms with Crippen molar-refractivity contribution < 1.29 is 4.74 Å². The summed E-state index contributed by atoms with van der Waals surface area (Å²) in [5, 5.41) is 2.92. The maximum atomic E-state index is 11.1. The molecule has 0 radical (unpaired) electrons. The first-order valence-corrected chi connectivity index (χ1v) is 4.25. The van der Waals surface area contributed by atoms with Gasteiger partial charge in [0.25, 0.3) is 5.56 Å². The molecule has 0 fully saturated rings. The Hall–Kier alpha value is -1.56. The average molecular weight is 198 g/mol. The summed E-state index contributed by atoms with van der Waals surface area (Å²) in [6, 6.07) is 0. The van der Waals surface area contributed by atoms with Gasteiger partial charge in [-0.3, -0.25) is 4.79 Å². The molecule has 1 heterocycles. The predicted octanol–water partition coefficient (Wildman–Crippen LogP) is -0.201. The van der Waals surface area contributed by atoms with Crippen molar-refractivity contribution in [3.8, 4) is 0 Å². The lowest BCUT2D eigenvalue weighted by Gasteiger charge is -2.11. The first-order chi connectivity index (χ1) is 6.65. The molecule has 0 aromatic carbocycles. The second kappa shape index (κ2) is 4.61. The van der Waals surface area contributed by atoms with Crippen molar-refractivity contribution in [3.05, 3.63) is 16.7 Å². The molecule has 78 valence electrons. The molecule has 1 rings (SSSR count). The minimum absolute atomic E-state index is 0.0375. The molecule has 0 aliphatic rings. The van der Waals surface area contributed by atoms with Crippen LogP contribution < -0.4 is 16.6 Å². The van der Waals surface area contributed by atoms with Gasteiger partial charge in [0.1, 0.15) is 5.69 Å². The van der Waals surface area contributed by atoms with Crippen LogP contribution in [0.4, 0.5) is 11.5 Å². The molecule has 0 saturated carbocycles. The number of methoxy groups -OCH3 is 1. The third-order valence-corrected chi connectivity index (χ3v) is 1.85. The SMILES string of the molecule is COC(C)CNc1nc[nH]c(=O)c1N. The molecular weight excluding hydrogens is 184 g/mol. The van der Waals surface area contributed by atoms with Crippen molar-refractivity contribution in [2.24, 2.45) is 0 Å². The lowest BCUT2D eigenvalue weighted by molar-refractivity contribution is 0.128. The fraction of sp³-hybridized carbons (Fsp3) is 0.500. The van der Waals surface area contributed by atoms with Gasteiger partial charge in [0.05, 0.1) is 12.4 Å². The van der Waals surface area contributed by atoms with Crippen LogP contribution in [0, 0.1) is 0 Å². The van der Waals surface area contributed by atoms with Crippen LogP contribution in [0.1, 0.15) is 6.92 Å². The van der Waals surface area contributed by atoms with Crippen LogP contribution in [0.2, 0.25) is 0 Å². The van der Waals surface area contributed by atoms with E-state index < -0.39 is 0 Å². The fourth-order valence-corrected chi connectivity index (χ4v) is 0.875. The highest BCUT2D eigenvalue weighted by Crippen LogP contribution is 2.06. The number of aromatic amines is 1. The van der Waals surface area contributed by atoms with E-state index in [-0.39, 0.29) is 17.4 Å². The molecule has 0 aliphatic carbocycles. The normalized spacial score (nSPS) is 12.4. The Morgan fingerprint density at radius 1 is 1.79 bits per heavy atom. The second-order valence-electron chi connectivity index (χ2n) is 2.92. The summed E-state index contributed by atoms with van der Waals surface area (Å²) >= 11 is 0. The van der Waals surface area contributed by atoms with Gasteiger partial charge >= 0.3 is 0 Å². The minimum Gasteiger partial charge on any atom is -0.391 e. The molecule has 14 heavy (non-hydrogen) atoms. The van der Waals surface area contributed by atoms with E-state index in [9.17, 15) is 4.79 Å². The minimum atomic E-state index is -0.340. The van der Waals surface area contributed by atoms with Crippen LogP contribution in [-0.2, 0) is 4.74 Å². The third kappa shape index (κ3) is 2.46. The molecule has 0 spiro atoms. The van der Waals surface area contributed by atoms with E-state index in [0.717, 1.165) is 0 Å². The number of nitrogens with two attached hydrogens (primary N) is 1. The number of hydrogen-bond donors (Lipinski definition) is 3. The quantitative estimate of drug-likeness (QED) is 0.623. The molecule has 4 N–H and O–H groups in total. The molecule has 1 aromatic heterocycles. The summed E-state index contributed by atoms with van der Waals surface area (Å²) in [6.07, 6.45) is 1.34. The van der Waals surface area contributed by atoms with Crippen molar-refractivity contribution in [2.45, 2.75) is 13.0 Å². The van der Waals surface area contributed by atoms with Gasteiger partial charge in [0.15, 0.2) is 5.82 Å². The highest BCUT2D eigenvalue weighted by molar-refractivity contribution is 5.58. The van der Waals surface area contributed by atoms with Crippen molar-refractivity contribution in [1.29, 1.82) is 0 Å². The summed E-state index contributed by atoms with van der Waals surface area (Å²) in [7, 11) is 1.61. The van der Waals surface area contributed by atoms with Crippen LogP contribution in [-0.4, -0.2) is 29.7 Å². The smallest absolute Gasteiger partial charge is 0.276 e. The largest absolute Gasteiger partial charge is 0.391 e. The number of anilines is 2. The van der Waals surface area contributed by atoms with E-state index in [1.54, 1.807) is 7.11 Å². The van der Waals surface area contributed by atoms with E-state index in [2.05, 4.69) is 15.3 Å². The zero-order valence-corrected chi connectivity index (χ0v) is 8.20.